The Hall–Kier alpha value is -2.63. The van der Waals surface area contributed by atoms with Crippen LogP contribution in [0.15, 0.2) is 61.2 Å². The van der Waals surface area contributed by atoms with Crippen LogP contribution in [-0.2, 0) is 0 Å². The van der Waals surface area contributed by atoms with Crippen LogP contribution in [0.2, 0.25) is 0 Å². The lowest BCUT2D eigenvalue weighted by atomic mass is 9.84. The van der Waals surface area contributed by atoms with E-state index in [2.05, 4.69) is 39.9 Å². The molecule has 5 nitrogen and oxygen atoms in total. The van der Waals surface area contributed by atoms with Gasteiger partial charge in [-0.3, -0.25) is 14.6 Å². The molecule has 1 aliphatic carbocycles. The average molecular weight is 460 g/mol. The molecule has 3 atom stereocenters. The van der Waals surface area contributed by atoms with Gasteiger partial charge in [0.2, 0.25) is 0 Å². The number of hydrogen-bond donors (Lipinski definition) is 2. The van der Waals surface area contributed by atoms with Crippen molar-refractivity contribution in [2.75, 3.05) is 19.6 Å². The van der Waals surface area contributed by atoms with Gasteiger partial charge < -0.3 is 10.4 Å². The summed E-state index contributed by atoms with van der Waals surface area (Å²) in [5.41, 5.74) is 2.97. The zero-order valence-electron chi connectivity index (χ0n) is 20.0. The van der Waals surface area contributed by atoms with Gasteiger partial charge in [-0.1, -0.05) is 56.0 Å². The first-order chi connectivity index (χ1) is 16.6. The van der Waals surface area contributed by atoms with E-state index in [4.69, 9.17) is 0 Å². The average Bonchev–Trinajstić information content (AvgIpc) is 3.12. The molecule has 0 spiro atoms. The third kappa shape index (κ3) is 4.91. The Bertz CT molecular complexity index is 985. The van der Waals surface area contributed by atoms with Crippen LogP contribution in [0.3, 0.4) is 0 Å². The van der Waals surface area contributed by atoms with E-state index in [1.807, 2.05) is 30.3 Å². The monoisotopic (exact) mass is 459 g/mol. The highest BCUT2D eigenvalue weighted by molar-refractivity contribution is 5.94. The van der Waals surface area contributed by atoms with E-state index in [0.29, 0.717) is 18.1 Å². The Morgan fingerprint density at radius 3 is 2.38 bits per heavy atom. The van der Waals surface area contributed by atoms with Gasteiger partial charge in [-0.15, -0.1) is 6.58 Å². The minimum atomic E-state index is 0.0339. The van der Waals surface area contributed by atoms with Gasteiger partial charge in [-0.25, -0.2) is 0 Å². The summed E-state index contributed by atoms with van der Waals surface area (Å²) in [6, 6.07) is 17.2. The van der Waals surface area contributed by atoms with Crippen LogP contribution in [-0.4, -0.2) is 58.6 Å². The van der Waals surface area contributed by atoms with Crippen LogP contribution in [0.5, 0.6) is 5.75 Å². The Morgan fingerprint density at radius 1 is 1.03 bits per heavy atom. The number of nitrogens with one attached hydrogen (secondary N) is 1. The molecule has 3 saturated heterocycles. The quantitative estimate of drug-likeness (QED) is 0.458. The van der Waals surface area contributed by atoms with Gasteiger partial charge in [-0.2, -0.15) is 0 Å². The van der Waals surface area contributed by atoms with Crippen LogP contribution < -0.4 is 5.32 Å². The van der Waals surface area contributed by atoms with Crippen molar-refractivity contribution < 1.29 is 9.90 Å². The molecule has 0 aromatic heterocycles. The van der Waals surface area contributed by atoms with Crippen LogP contribution in [0, 0.1) is 0 Å². The standard InChI is InChI=1S/C29H37N3O2/c1-2-16-32-25-18-26(32)20-31(19-25)28(23-8-7-11-27(33)17-23)21-12-14-22(15-13-21)29(34)30-24-9-5-3-4-6-10-24/h2,7-8,11-15,17,24-26,28,33H,1,3-6,9-10,16,18-20H2,(H,30,34). The second-order valence-electron chi connectivity index (χ2n) is 10.3. The van der Waals surface area contributed by atoms with Gasteiger partial charge in [0.15, 0.2) is 0 Å². The van der Waals surface area contributed by atoms with E-state index in [-0.39, 0.29) is 17.7 Å². The number of phenolic OH excluding ortho intramolecular Hbond substituents is 1. The SMILES string of the molecule is C=CCN1C2CC1CN(C(c1ccc(C(=O)NC3CCCCCC3)cc1)c1cccc(O)c1)C2. The number of benzene rings is 2. The first kappa shape index (κ1) is 23.1. The molecule has 5 heteroatoms. The molecule has 34 heavy (non-hydrogen) atoms. The predicted molar refractivity (Wildman–Crippen MR) is 136 cm³/mol. The van der Waals surface area contributed by atoms with E-state index >= 15 is 0 Å². The molecule has 4 fully saturated rings. The molecule has 2 bridgehead atoms. The summed E-state index contributed by atoms with van der Waals surface area (Å²) in [4.78, 5) is 18.0. The zero-order chi connectivity index (χ0) is 23.5. The number of amides is 1. The molecular formula is C29H37N3O2. The number of piperidine rings is 1. The molecule has 4 aliphatic rings. The fourth-order valence-electron chi connectivity index (χ4n) is 6.20. The Morgan fingerprint density at radius 2 is 1.74 bits per heavy atom. The van der Waals surface area contributed by atoms with Crippen molar-refractivity contribution in [3.63, 3.8) is 0 Å². The van der Waals surface area contributed by atoms with Gasteiger partial charge in [0.05, 0.1) is 6.04 Å². The topological polar surface area (TPSA) is 55.8 Å². The molecule has 1 saturated carbocycles. The number of carbonyl (C=O) groups is 1. The number of hydrogen-bond acceptors (Lipinski definition) is 4. The first-order valence-electron chi connectivity index (χ1n) is 12.9. The number of phenols is 1. The summed E-state index contributed by atoms with van der Waals surface area (Å²) in [5, 5.41) is 13.4. The number of piperazine rings is 1. The molecule has 6 rings (SSSR count). The van der Waals surface area contributed by atoms with Crippen molar-refractivity contribution in [2.24, 2.45) is 0 Å². The van der Waals surface area contributed by atoms with Crippen LogP contribution in [0.4, 0.5) is 0 Å². The van der Waals surface area contributed by atoms with Crippen LogP contribution >= 0.6 is 0 Å². The lowest BCUT2D eigenvalue weighted by molar-refractivity contribution is -0.0706. The summed E-state index contributed by atoms with van der Waals surface area (Å²) >= 11 is 0. The smallest absolute Gasteiger partial charge is 0.251 e. The summed E-state index contributed by atoms with van der Waals surface area (Å²) in [6.45, 7) is 6.86. The molecule has 1 amide bonds. The van der Waals surface area contributed by atoms with E-state index in [9.17, 15) is 9.90 Å². The second-order valence-corrected chi connectivity index (χ2v) is 10.3. The molecule has 3 aliphatic heterocycles. The van der Waals surface area contributed by atoms with Crippen LogP contribution in [0.25, 0.3) is 0 Å². The lowest BCUT2D eigenvalue weighted by Crippen LogP contribution is -2.68. The number of rotatable bonds is 7. The Kier molecular flexibility index (Phi) is 7.02. The van der Waals surface area contributed by atoms with E-state index < -0.39 is 0 Å². The van der Waals surface area contributed by atoms with Gasteiger partial charge in [0.1, 0.15) is 5.75 Å². The highest BCUT2D eigenvalue weighted by Gasteiger charge is 2.45. The summed E-state index contributed by atoms with van der Waals surface area (Å²) in [6.07, 6.45) is 10.4. The van der Waals surface area contributed by atoms with Crippen molar-refractivity contribution in [1.29, 1.82) is 0 Å². The number of fused-ring (bicyclic) bond motifs is 2. The largest absolute Gasteiger partial charge is 0.508 e. The molecule has 2 N–H and O–H groups in total. The Labute approximate surface area is 203 Å². The minimum Gasteiger partial charge on any atom is -0.508 e. The van der Waals surface area contributed by atoms with Gasteiger partial charge >= 0.3 is 0 Å². The predicted octanol–water partition coefficient (Wildman–Crippen LogP) is 4.88. The summed E-state index contributed by atoms with van der Waals surface area (Å²) in [7, 11) is 0. The number of aromatic hydroxyl groups is 1. The fourth-order valence-corrected chi connectivity index (χ4v) is 6.20. The maximum Gasteiger partial charge on any atom is 0.251 e. The second kappa shape index (κ2) is 10.3. The molecule has 2 aromatic carbocycles. The first-order valence-corrected chi connectivity index (χ1v) is 12.9. The van der Waals surface area contributed by atoms with Crippen molar-refractivity contribution in [3.8, 4) is 5.75 Å². The van der Waals surface area contributed by atoms with Gasteiger partial charge in [0, 0.05) is 43.3 Å². The van der Waals surface area contributed by atoms with Crippen molar-refractivity contribution in [3.05, 3.63) is 77.9 Å². The van der Waals surface area contributed by atoms with Crippen LogP contribution in [0.1, 0.15) is 72.5 Å². The molecule has 3 heterocycles. The van der Waals surface area contributed by atoms with E-state index in [1.165, 1.54) is 32.1 Å². The normalized spacial score (nSPS) is 24.6. The van der Waals surface area contributed by atoms with Gasteiger partial charge in [-0.05, 0) is 54.7 Å². The maximum absolute atomic E-state index is 12.9. The van der Waals surface area contributed by atoms with Crippen molar-refractivity contribution in [1.82, 2.24) is 15.1 Å². The summed E-state index contributed by atoms with van der Waals surface area (Å²) in [5.74, 6) is 0.323. The van der Waals surface area contributed by atoms with Crippen molar-refractivity contribution >= 4 is 5.91 Å². The Balaban J connectivity index is 1.34. The van der Waals surface area contributed by atoms with Gasteiger partial charge in [0.25, 0.3) is 5.91 Å². The number of carbonyl (C=O) groups excluding carboxylic acids is 1. The lowest BCUT2D eigenvalue weighted by Gasteiger charge is -2.57. The molecule has 2 aromatic rings. The third-order valence-corrected chi connectivity index (χ3v) is 7.94. The summed E-state index contributed by atoms with van der Waals surface area (Å²) < 4.78 is 0. The van der Waals surface area contributed by atoms with E-state index in [1.54, 1.807) is 6.07 Å². The third-order valence-electron chi connectivity index (χ3n) is 7.94. The zero-order valence-corrected chi connectivity index (χ0v) is 20.0. The number of nitrogens with zero attached hydrogens (tertiary/aromatic N) is 2. The highest BCUT2D eigenvalue weighted by Crippen LogP contribution is 2.39. The fraction of sp³-hybridized carbons (Fsp3) is 0.483. The molecule has 3 unspecified atom stereocenters. The molecule has 0 radical (unpaired) electrons. The maximum atomic E-state index is 12.9. The minimum absolute atomic E-state index is 0.0339. The highest BCUT2D eigenvalue weighted by atomic mass is 16.3. The van der Waals surface area contributed by atoms with Crippen molar-refractivity contribution in [2.45, 2.75) is 69.1 Å². The van der Waals surface area contributed by atoms with E-state index in [0.717, 1.165) is 49.2 Å². The molecule has 180 valence electrons. The molecular weight excluding hydrogens is 422 g/mol.